The molecule has 1 aromatic carbocycles. The van der Waals surface area contributed by atoms with Gasteiger partial charge in [0.2, 0.25) is 0 Å². The molecule has 4 nitrogen and oxygen atoms in total. The summed E-state index contributed by atoms with van der Waals surface area (Å²) in [4.78, 5) is 0. The van der Waals surface area contributed by atoms with Crippen LogP contribution in [0.4, 0.5) is 0 Å². The van der Waals surface area contributed by atoms with E-state index < -0.39 is 0 Å². The zero-order valence-corrected chi connectivity index (χ0v) is 13.0. The van der Waals surface area contributed by atoms with Gasteiger partial charge in [-0.2, -0.15) is 5.10 Å². The standard InChI is InChI=1S/C15H20ClN3O/c1-5-17-15(12-9-18-19(3)10(12)2)11-6-7-13(16)14(8-11)20-4/h6-9,15,17H,5H2,1-4H3. The fraction of sp³-hybridized carbons (Fsp3) is 0.400. The predicted molar refractivity (Wildman–Crippen MR) is 81.5 cm³/mol. The minimum Gasteiger partial charge on any atom is -0.495 e. The summed E-state index contributed by atoms with van der Waals surface area (Å²) >= 11 is 6.10. The lowest BCUT2D eigenvalue weighted by Crippen LogP contribution is -2.22. The number of halogens is 1. The molecule has 2 rings (SSSR count). The van der Waals surface area contributed by atoms with Gasteiger partial charge in [-0.3, -0.25) is 4.68 Å². The van der Waals surface area contributed by atoms with E-state index in [-0.39, 0.29) is 6.04 Å². The summed E-state index contributed by atoms with van der Waals surface area (Å²) in [6.07, 6.45) is 1.91. The first-order chi connectivity index (χ1) is 9.58. The van der Waals surface area contributed by atoms with E-state index in [1.807, 2.05) is 36.1 Å². The second-order valence-electron chi connectivity index (χ2n) is 4.69. The Morgan fingerprint density at radius 3 is 2.75 bits per heavy atom. The second kappa shape index (κ2) is 6.29. The van der Waals surface area contributed by atoms with E-state index in [1.165, 1.54) is 5.56 Å². The van der Waals surface area contributed by atoms with Crippen molar-refractivity contribution in [1.29, 1.82) is 0 Å². The number of rotatable bonds is 5. The number of hydrogen-bond acceptors (Lipinski definition) is 3. The average Bonchev–Trinajstić information content (AvgIpc) is 2.77. The molecule has 0 aliphatic carbocycles. The Morgan fingerprint density at radius 2 is 2.20 bits per heavy atom. The van der Waals surface area contributed by atoms with Crippen LogP contribution in [-0.2, 0) is 7.05 Å². The molecule has 5 heteroatoms. The molecular weight excluding hydrogens is 274 g/mol. The third-order valence-corrected chi connectivity index (χ3v) is 3.81. The maximum Gasteiger partial charge on any atom is 0.137 e. The van der Waals surface area contributed by atoms with E-state index in [9.17, 15) is 0 Å². The second-order valence-corrected chi connectivity index (χ2v) is 5.10. The number of nitrogens with zero attached hydrogens (tertiary/aromatic N) is 2. The zero-order valence-electron chi connectivity index (χ0n) is 12.3. The van der Waals surface area contributed by atoms with Crippen LogP contribution in [0, 0.1) is 6.92 Å². The summed E-state index contributed by atoms with van der Waals surface area (Å²) in [6.45, 7) is 5.02. The van der Waals surface area contributed by atoms with Gasteiger partial charge in [0.25, 0.3) is 0 Å². The molecular formula is C15H20ClN3O. The van der Waals surface area contributed by atoms with Crippen LogP contribution in [-0.4, -0.2) is 23.4 Å². The van der Waals surface area contributed by atoms with Crippen molar-refractivity contribution in [2.45, 2.75) is 19.9 Å². The number of nitrogens with one attached hydrogen (secondary N) is 1. The highest BCUT2D eigenvalue weighted by Crippen LogP contribution is 2.31. The van der Waals surface area contributed by atoms with E-state index in [0.717, 1.165) is 17.8 Å². The molecule has 1 aromatic heterocycles. The molecule has 0 radical (unpaired) electrons. The maximum atomic E-state index is 6.10. The van der Waals surface area contributed by atoms with Gasteiger partial charge in [0.15, 0.2) is 0 Å². The van der Waals surface area contributed by atoms with Crippen molar-refractivity contribution < 1.29 is 4.74 Å². The first-order valence-corrected chi connectivity index (χ1v) is 7.01. The van der Waals surface area contributed by atoms with Crippen LogP contribution in [0.25, 0.3) is 0 Å². The van der Waals surface area contributed by atoms with Gasteiger partial charge in [-0.1, -0.05) is 24.6 Å². The summed E-state index contributed by atoms with van der Waals surface area (Å²) in [5.74, 6) is 0.689. The quantitative estimate of drug-likeness (QED) is 0.921. The van der Waals surface area contributed by atoms with Crippen molar-refractivity contribution in [2.24, 2.45) is 7.05 Å². The molecule has 0 bridgehead atoms. The number of aryl methyl sites for hydroxylation is 1. The molecule has 20 heavy (non-hydrogen) atoms. The van der Waals surface area contributed by atoms with Crippen LogP contribution in [0.1, 0.15) is 29.8 Å². The molecule has 1 heterocycles. The zero-order chi connectivity index (χ0) is 14.7. The molecule has 0 saturated heterocycles. The topological polar surface area (TPSA) is 39.1 Å². The fourth-order valence-electron chi connectivity index (χ4n) is 2.27. The Bertz CT molecular complexity index is 595. The highest BCUT2D eigenvalue weighted by molar-refractivity contribution is 6.32. The first kappa shape index (κ1) is 14.9. The Kier molecular flexibility index (Phi) is 4.68. The van der Waals surface area contributed by atoms with Crippen LogP contribution < -0.4 is 10.1 Å². The Balaban J connectivity index is 2.45. The lowest BCUT2D eigenvalue weighted by Gasteiger charge is -2.19. The van der Waals surface area contributed by atoms with E-state index >= 15 is 0 Å². The number of ether oxygens (including phenoxy) is 1. The van der Waals surface area contributed by atoms with Gasteiger partial charge in [0.1, 0.15) is 5.75 Å². The maximum absolute atomic E-state index is 6.10. The van der Waals surface area contributed by atoms with Gasteiger partial charge < -0.3 is 10.1 Å². The van der Waals surface area contributed by atoms with Crippen LogP contribution >= 0.6 is 11.6 Å². The molecule has 1 unspecified atom stereocenters. The van der Waals surface area contributed by atoms with Crippen molar-refractivity contribution in [2.75, 3.05) is 13.7 Å². The normalized spacial score (nSPS) is 12.4. The number of aromatic nitrogens is 2. The van der Waals surface area contributed by atoms with E-state index in [0.29, 0.717) is 10.8 Å². The van der Waals surface area contributed by atoms with Gasteiger partial charge in [0.05, 0.1) is 24.4 Å². The number of hydrogen-bond donors (Lipinski definition) is 1. The third kappa shape index (κ3) is 2.81. The van der Waals surface area contributed by atoms with Gasteiger partial charge in [0, 0.05) is 18.3 Å². The predicted octanol–water partition coefficient (Wildman–Crippen LogP) is 3.09. The van der Waals surface area contributed by atoms with Gasteiger partial charge >= 0.3 is 0 Å². The average molecular weight is 294 g/mol. The third-order valence-electron chi connectivity index (χ3n) is 3.50. The monoisotopic (exact) mass is 293 g/mol. The summed E-state index contributed by atoms with van der Waals surface area (Å²) in [5, 5.41) is 8.43. The Hall–Kier alpha value is -1.52. The van der Waals surface area contributed by atoms with Crippen LogP contribution in [0.3, 0.4) is 0 Å². The van der Waals surface area contributed by atoms with Crippen LogP contribution in [0.5, 0.6) is 5.75 Å². The summed E-state index contributed by atoms with van der Waals surface area (Å²) in [6, 6.07) is 5.94. The van der Waals surface area contributed by atoms with Crippen molar-refractivity contribution >= 4 is 11.6 Å². The Labute approximate surface area is 124 Å². The van der Waals surface area contributed by atoms with Crippen molar-refractivity contribution in [3.05, 3.63) is 46.2 Å². The minimum atomic E-state index is 0.0832. The van der Waals surface area contributed by atoms with E-state index in [4.69, 9.17) is 16.3 Å². The van der Waals surface area contributed by atoms with Gasteiger partial charge in [-0.05, 0) is 31.2 Å². The highest BCUT2D eigenvalue weighted by atomic mass is 35.5. The summed E-state index contributed by atoms with van der Waals surface area (Å²) < 4.78 is 7.19. The largest absolute Gasteiger partial charge is 0.495 e. The Morgan fingerprint density at radius 1 is 1.45 bits per heavy atom. The molecule has 1 atom stereocenters. The van der Waals surface area contributed by atoms with Crippen molar-refractivity contribution in [3.63, 3.8) is 0 Å². The molecule has 0 fully saturated rings. The molecule has 0 amide bonds. The van der Waals surface area contributed by atoms with Crippen LogP contribution in [0.15, 0.2) is 24.4 Å². The summed E-state index contributed by atoms with van der Waals surface area (Å²) in [5.41, 5.74) is 3.42. The number of methoxy groups -OCH3 is 1. The smallest absolute Gasteiger partial charge is 0.137 e. The van der Waals surface area contributed by atoms with E-state index in [1.54, 1.807) is 7.11 Å². The molecule has 0 spiro atoms. The molecule has 0 aliphatic heterocycles. The highest BCUT2D eigenvalue weighted by Gasteiger charge is 2.19. The van der Waals surface area contributed by atoms with Crippen molar-refractivity contribution in [3.8, 4) is 5.75 Å². The minimum absolute atomic E-state index is 0.0832. The van der Waals surface area contributed by atoms with Gasteiger partial charge in [-0.25, -0.2) is 0 Å². The summed E-state index contributed by atoms with van der Waals surface area (Å²) in [7, 11) is 3.58. The SMILES string of the molecule is CCNC(c1ccc(Cl)c(OC)c1)c1cnn(C)c1C. The first-order valence-electron chi connectivity index (χ1n) is 6.63. The van der Waals surface area contributed by atoms with Gasteiger partial charge in [-0.15, -0.1) is 0 Å². The lowest BCUT2D eigenvalue weighted by molar-refractivity contribution is 0.414. The van der Waals surface area contributed by atoms with Crippen molar-refractivity contribution in [1.82, 2.24) is 15.1 Å². The molecule has 1 N–H and O–H groups in total. The molecule has 108 valence electrons. The molecule has 2 aromatic rings. The number of benzene rings is 1. The molecule has 0 aliphatic rings. The fourth-order valence-corrected chi connectivity index (χ4v) is 2.46. The molecule has 0 saturated carbocycles. The van der Waals surface area contributed by atoms with Crippen LogP contribution in [0.2, 0.25) is 5.02 Å². The van der Waals surface area contributed by atoms with E-state index in [2.05, 4.69) is 24.3 Å². The lowest BCUT2D eigenvalue weighted by atomic mass is 9.99.